The van der Waals surface area contributed by atoms with E-state index in [1.165, 1.54) is 12.8 Å². The monoisotopic (exact) mass is 262 g/mol. The summed E-state index contributed by atoms with van der Waals surface area (Å²) in [6.07, 6.45) is 2.62. The molecule has 1 aliphatic heterocycles. The lowest BCUT2D eigenvalue weighted by Crippen LogP contribution is -2.63. The molecule has 1 saturated heterocycles. The summed E-state index contributed by atoms with van der Waals surface area (Å²) in [7, 11) is 0. The summed E-state index contributed by atoms with van der Waals surface area (Å²) in [6.45, 7) is 8.30. The van der Waals surface area contributed by atoms with Gasteiger partial charge in [-0.3, -0.25) is 0 Å². The second-order valence-electron chi connectivity index (χ2n) is 6.45. The van der Waals surface area contributed by atoms with Crippen molar-refractivity contribution in [1.29, 1.82) is 0 Å². The van der Waals surface area contributed by atoms with Gasteiger partial charge in [0.15, 0.2) is 0 Å². The molecule has 2 nitrogen and oxygen atoms in total. The first-order valence-corrected chi connectivity index (χ1v) is 7.28. The molecule has 2 aliphatic rings. The highest BCUT2D eigenvalue weighted by atomic mass is 19.1. The van der Waals surface area contributed by atoms with Crippen molar-refractivity contribution < 1.29 is 4.39 Å². The molecule has 1 saturated carbocycles. The van der Waals surface area contributed by atoms with E-state index < -0.39 is 0 Å². The molecule has 2 unspecified atom stereocenters. The van der Waals surface area contributed by atoms with Crippen molar-refractivity contribution in [3.05, 3.63) is 29.6 Å². The minimum Gasteiger partial charge on any atom is -0.363 e. The second-order valence-corrected chi connectivity index (χ2v) is 6.45. The molecule has 2 atom stereocenters. The maximum atomic E-state index is 14.2. The normalized spacial score (nSPS) is 31.6. The number of benzene rings is 1. The Bertz CT molecular complexity index is 463. The lowest BCUT2D eigenvalue weighted by molar-refractivity contribution is 0.259. The molecular formula is C16H23FN2. The quantitative estimate of drug-likeness (QED) is 0.881. The fourth-order valence-corrected chi connectivity index (χ4v) is 3.34. The van der Waals surface area contributed by atoms with Crippen molar-refractivity contribution in [3.63, 3.8) is 0 Å². The average Bonchev–Trinajstić information content (AvgIpc) is 3.18. The summed E-state index contributed by atoms with van der Waals surface area (Å²) < 4.78 is 14.2. The van der Waals surface area contributed by atoms with Crippen LogP contribution in [-0.2, 0) is 0 Å². The van der Waals surface area contributed by atoms with Crippen molar-refractivity contribution in [3.8, 4) is 0 Å². The third-order valence-corrected chi connectivity index (χ3v) is 4.79. The smallest absolute Gasteiger partial charge is 0.146 e. The van der Waals surface area contributed by atoms with Gasteiger partial charge in [0, 0.05) is 24.7 Å². The molecule has 3 rings (SSSR count). The number of para-hydroxylation sites is 1. The van der Waals surface area contributed by atoms with E-state index in [1.54, 1.807) is 12.1 Å². The van der Waals surface area contributed by atoms with Gasteiger partial charge in [-0.05, 0) is 51.2 Å². The molecular weight excluding hydrogens is 239 g/mol. The number of piperazine rings is 1. The van der Waals surface area contributed by atoms with Crippen molar-refractivity contribution in [2.45, 2.75) is 45.2 Å². The first-order valence-electron chi connectivity index (χ1n) is 7.28. The van der Waals surface area contributed by atoms with Gasteiger partial charge in [0.25, 0.3) is 0 Å². The fraction of sp³-hybridized carbons (Fsp3) is 0.625. The minimum atomic E-state index is -0.0908. The van der Waals surface area contributed by atoms with Crippen LogP contribution in [0.15, 0.2) is 18.2 Å². The second kappa shape index (κ2) is 4.48. The van der Waals surface area contributed by atoms with Crippen LogP contribution in [0.2, 0.25) is 0 Å². The Kier molecular flexibility index (Phi) is 3.05. The van der Waals surface area contributed by atoms with Crippen LogP contribution in [0, 0.1) is 18.7 Å². The van der Waals surface area contributed by atoms with E-state index in [-0.39, 0.29) is 11.4 Å². The van der Waals surface area contributed by atoms with E-state index >= 15 is 0 Å². The predicted molar refractivity (Wildman–Crippen MR) is 77.1 cm³/mol. The van der Waals surface area contributed by atoms with E-state index in [4.69, 9.17) is 0 Å². The van der Waals surface area contributed by atoms with Gasteiger partial charge in [-0.25, -0.2) is 4.39 Å². The highest BCUT2D eigenvalue weighted by molar-refractivity contribution is 5.56. The molecule has 0 aromatic heterocycles. The molecule has 19 heavy (non-hydrogen) atoms. The van der Waals surface area contributed by atoms with Gasteiger partial charge < -0.3 is 10.2 Å². The number of hydrogen-bond acceptors (Lipinski definition) is 2. The minimum absolute atomic E-state index is 0.0908. The van der Waals surface area contributed by atoms with Gasteiger partial charge in [0.05, 0.1) is 5.69 Å². The van der Waals surface area contributed by atoms with Crippen LogP contribution < -0.4 is 10.2 Å². The zero-order valence-electron chi connectivity index (χ0n) is 12.0. The summed E-state index contributed by atoms with van der Waals surface area (Å²) in [5.74, 6) is 0.668. The lowest BCUT2D eigenvalue weighted by Gasteiger charge is -2.47. The van der Waals surface area contributed by atoms with Gasteiger partial charge in [-0.1, -0.05) is 12.1 Å². The van der Waals surface area contributed by atoms with Crippen LogP contribution in [0.3, 0.4) is 0 Å². The van der Waals surface area contributed by atoms with Crippen LogP contribution >= 0.6 is 0 Å². The Hall–Kier alpha value is -1.09. The molecule has 1 aromatic carbocycles. The summed E-state index contributed by atoms with van der Waals surface area (Å²) in [6, 6.07) is 5.70. The number of nitrogens with zero attached hydrogens (tertiary/aromatic N) is 1. The van der Waals surface area contributed by atoms with Crippen LogP contribution in [0.1, 0.15) is 32.3 Å². The topological polar surface area (TPSA) is 15.3 Å². The molecule has 0 bridgehead atoms. The molecule has 1 N–H and O–H groups in total. The van der Waals surface area contributed by atoms with E-state index in [0.29, 0.717) is 6.04 Å². The summed E-state index contributed by atoms with van der Waals surface area (Å²) >= 11 is 0. The van der Waals surface area contributed by atoms with Gasteiger partial charge >= 0.3 is 0 Å². The van der Waals surface area contributed by atoms with Crippen LogP contribution in [-0.4, -0.2) is 24.7 Å². The Morgan fingerprint density at radius 1 is 1.37 bits per heavy atom. The van der Waals surface area contributed by atoms with E-state index in [9.17, 15) is 4.39 Å². The summed E-state index contributed by atoms with van der Waals surface area (Å²) in [4.78, 5) is 2.26. The SMILES string of the molecule is Cc1cccc(F)c1N1CC(C)(C2CC2)NCC1C. The summed E-state index contributed by atoms with van der Waals surface area (Å²) in [5.41, 5.74) is 1.97. The van der Waals surface area contributed by atoms with E-state index in [2.05, 4.69) is 24.1 Å². The van der Waals surface area contributed by atoms with Gasteiger partial charge in [-0.2, -0.15) is 0 Å². The van der Waals surface area contributed by atoms with Crippen LogP contribution in [0.4, 0.5) is 10.1 Å². The standard InChI is InChI=1S/C16H23FN2/c1-11-5-4-6-14(17)15(11)19-10-16(3,13-7-8-13)18-9-12(19)2/h4-6,12-13,18H,7-10H2,1-3H3. The predicted octanol–water partition coefficient (Wildman–Crippen LogP) is 3.10. The molecule has 1 aromatic rings. The Balaban J connectivity index is 1.93. The highest BCUT2D eigenvalue weighted by Gasteiger charge is 2.45. The Morgan fingerprint density at radius 2 is 2.11 bits per heavy atom. The number of aryl methyl sites for hydroxylation is 1. The third kappa shape index (κ3) is 2.25. The number of anilines is 1. The van der Waals surface area contributed by atoms with Crippen molar-refractivity contribution >= 4 is 5.69 Å². The molecule has 0 radical (unpaired) electrons. The molecule has 2 fully saturated rings. The zero-order valence-corrected chi connectivity index (χ0v) is 12.0. The molecule has 1 aliphatic carbocycles. The average molecular weight is 262 g/mol. The first-order chi connectivity index (χ1) is 9.01. The van der Waals surface area contributed by atoms with Gasteiger partial charge in [0.2, 0.25) is 0 Å². The number of nitrogens with one attached hydrogen (secondary N) is 1. The van der Waals surface area contributed by atoms with Gasteiger partial charge in [-0.15, -0.1) is 0 Å². The maximum Gasteiger partial charge on any atom is 0.146 e. The van der Waals surface area contributed by atoms with E-state index in [0.717, 1.165) is 30.3 Å². The Morgan fingerprint density at radius 3 is 2.74 bits per heavy atom. The lowest BCUT2D eigenvalue weighted by atomic mass is 9.90. The van der Waals surface area contributed by atoms with Crippen molar-refractivity contribution in [1.82, 2.24) is 5.32 Å². The van der Waals surface area contributed by atoms with Crippen LogP contribution in [0.5, 0.6) is 0 Å². The summed E-state index contributed by atoms with van der Waals surface area (Å²) in [5, 5.41) is 3.68. The fourth-order valence-electron chi connectivity index (χ4n) is 3.34. The molecule has 0 amide bonds. The third-order valence-electron chi connectivity index (χ3n) is 4.79. The maximum absolute atomic E-state index is 14.2. The Labute approximate surface area is 115 Å². The molecule has 0 spiro atoms. The zero-order chi connectivity index (χ0) is 13.6. The molecule has 3 heteroatoms. The highest BCUT2D eigenvalue weighted by Crippen LogP contribution is 2.42. The molecule has 1 heterocycles. The van der Waals surface area contributed by atoms with E-state index in [1.807, 2.05) is 13.0 Å². The van der Waals surface area contributed by atoms with Crippen molar-refractivity contribution in [2.75, 3.05) is 18.0 Å². The number of halogens is 1. The molecule has 104 valence electrons. The number of rotatable bonds is 2. The van der Waals surface area contributed by atoms with Gasteiger partial charge in [0.1, 0.15) is 5.82 Å². The largest absolute Gasteiger partial charge is 0.363 e. The van der Waals surface area contributed by atoms with Crippen molar-refractivity contribution in [2.24, 2.45) is 5.92 Å². The van der Waals surface area contributed by atoms with Crippen LogP contribution in [0.25, 0.3) is 0 Å². The number of hydrogen-bond donors (Lipinski definition) is 1. The first kappa shape index (κ1) is 12.9.